The standard InChI is InChI=1S/2C11H15NO2.C10H14N2O2.2C10H13NO3.2C10H13NO2.C9H12N2O3.C9H12N2O2.3Fe/c1-2-3-8-12-11(14)9-6-4-5-7-10(9)13;1-2-3-4-5-10(13)9-6-7-12-8-11(9)14;1-2-3-5-12-10(14)8-4-6-11-7-9(8)13;1-14-6-2-3-9(12)8-4-5-11-7-10(8)13;1-14-7-6-11-10(13)8-4-2-3-5-9(8)12;1-2-7-11-10(13)8-5-3-4-6-9(8)12;1-2-3-4-9(12)8-5-6-11-7-10(8)13;1-14-5-4-11-9(13)7-2-3-10-6-8(7)12;1-2-4-11-9(13)7-3-5-10-6-8(7)12;;;/h4-7,13H,2-3,8H2,1H3,(H,12,14);6-8,14H,2-5H2,1H3;4,6-7,13H,2-3,5H2,1H3,(H,12,14);4-5,7,13H,2-3,6H2,1H3;2-5,12H,6-7H2,1H3,(H,11,13);3-6,12H,2,7H2,1H3,(H,11,13);5-7,13H,2-4H2,1H3;2-3,6,12H,4-5H2,1H3,(H,11,13);3,5-6,12H,2,4H2,1H3,(H,11,13);;;. The SMILES string of the molecule is CCCCC(=O)c1ccncc1O.CCCCCC(=O)c1ccncc1O.CCCCNC(=O)c1ccccc1O.CCCCNC(=O)c1ccncc1O.CCCNC(=O)c1ccccc1O.CCCNC(=O)c1ccncc1O.COCCCC(=O)c1ccncc1O.COCCNC(=O)c1ccccc1O.COCCNC(=O)c1ccncc1O.[Fe].[Fe].[Fe]. The van der Waals surface area contributed by atoms with Gasteiger partial charge in [0.1, 0.15) is 51.7 Å². The number of ketones is 3. The van der Waals surface area contributed by atoms with E-state index in [4.69, 9.17) is 14.2 Å². The number of carbonyl (C=O) groups is 9. The van der Waals surface area contributed by atoms with E-state index in [1.165, 1.54) is 117 Å². The van der Waals surface area contributed by atoms with Gasteiger partial charge in [-0.05, 0) is 118 Å². The largest absolute Gasteiger partial charge is 0.507 e. The Morgan fingerprint density at radius 2 is 0.468 bits per heavy atom. The number of phenolic OH excluding ortho intramolecular Hbond substituents is 3. The number of unbranched alkanes of at least 4 members (excludes halogenated alkanes) is 5. The number of ether oxygens (including phenoxy) is 3. The predicted octanol–water partition coefficient (Wildman–Crippen LogP) is 12.7. The van der Waals surface area contributed by atoms with Crippen molar-refractivity contribution in [3.05, 3.63) is 234 Å². The zero-order valence-electron chi connectivity index (χ0n) is 72.5. The van der Waals surface area contributed by atoms with Gasteiger partial charge >= 0.3 is 0 Å². The molecule has 0 atom stereocenters. The first kappa shape index (κ1) is 118. The molecule has 0 aliphatic heterocycles. The van der Waals surface area contributed by atoms with Crippen LogP contribution in [0.15, 0.2) is 184 Å². The zero-order valence-corrected chi connectivity index (χ0v) is 75.8. The number of pyridine rings is 6. The number of Topliss-reactive ketones (excluding diaryl/α,β-unsaturated/α-hetero) is 3. The number of aromatic nitrogens is 6. The molecule has 6 amide bonds. The molecule has 9 aromatic rings. The molecule has 36 heteroatoms. The van der Waals surface area contributed by atoms with Gasteiger partial charge in [-0.3, -0.25) is 73.1 Å². The second kappa shape index (κ2) is 74.5. The fourth-order valence-electron chi connectivity index (χ4n) is 9.59. The molecule has 0 unspecified atom stereocenters. The van der Waals surface area contributed by atoms with Crippen LogP contribution >= 0.6 is 0 Å². The van der Waals surface area contributed by atoms with Gasteiger partial charge in [-0.15, -0.1) is 0 Å². The zero-order chi connectivity index (χ0) is 91.4. The summed E-state index contributed by atoms with van der Waals surface area (Å²) in [5, 5.41) is 99.9. The number of carbonyl (C=O) groups excluding carboxylic acids is 9. The van der Waals surface area contributed by atoms with Gasteiger partial charge in [0, 0.05) is 175 Å². The second-order valence-corrected chi connectivity index (χ2v) is 26.1. The Morgan fingerprint density at radius 3 is 0.706 bits per heavy atom. The third-order valence-electron chi connectivity index (χ3n) is 16.3. The van der Waals surface area contributed by atoms with Gasteiger partial charge < -0.3 is 92.1 Å². The molecule has 0 saturated heterocycles. The predicted molar refractivity (Wildman–Crippen MR) is 466 cm³/mol. The molecule has 6 aromatic heterocycles. The second-order valence-electron chi connectivity index (χ2n) is 26.1. The number of benzene rings is 3. The molecular formula is C90H120Fe3N12O21. The maximum absolute atomic E-state index is 11.6. The molecular weight excluding hydrogens is 1750 g/mol. The number of rotatable bonds is 36. The summed E-state index contributed by atoms with van der Waals surface area (Å²) in [6, 6.07) is 28.5. The van der Waals surface area contributed by atoms with Crippen molar-refractivity contribution in [2.24, 2.45) is 0 Å². The van der Waals surface area contributed by atoms with E-state index in [0.717, 1.165) is 70.6 Å². The van der Waals surface area contributed by atoms with Crippen molar-refractivity contribution in [3.8, 4) is 51.7 Å². The first-order valence-corrected chi connectivity index (χ1v) is 40.2. The molecule has 0 spiro atoms. The van der Waals surface area contributed by atoms with Crippen LogP contribution in [0, 0.1) is 0 Å². The van der Waals surface area contributed by atoms with Crippen molar-refractivity contribution in [3.63, 3.8) is 0 Å². The van der Waals surface area contributed by atoms with E-state index in [0.29, 0.717) is 113 Å². The monoisotopic (exact) mass is 1870 g/mol. The van der Waals surface area contributed by atoms with Crippen molar-refractivity contribution >= 4 is 52.8 Å². The van der Waals surface area contributed by atoms with Crippen molar-refractivity contribution in [1.82, 2.24) is 61.8 Å². The van der Waals surface area contributed by atoms with E-state index >= 15 is 0 Å². The van der Waals surface area contributed by atoms with Crippen molar-refractivity contribution in [1.29, 1.82) is 0 Å². The summed E-state index contributed by atoms with van der Waals surface area (Å²) in [6.45, 7) is 17.0. The fraction of sp³-hybridized carbons (Fsp3) is 0.367. The van der Waals surface area contributed by atoms with Gasteiger partial charge in [-0.1, -0.05) is 110 Å². The van der Waals surface area contributed by atoms with E-state index in [2.05, 4.69) is 82.6 Å². The van der Waals surface area contributed by atoms with Crippen LogP contribution in [-0.4, -0.2) is 209 Å². The van der Waals surface area contributed by atoms with E-state index in [-0.39, 0.29) is 178 Å². The third kappa shape index (κ3) is 50.7. The topological polar surface area (TPSA) is 513 Å². The number of aromatic hydroxyl groups is 9. The summed E-state index contributed by atoms with van der Waals surface area (Å²) in [5.41, 5.74) is 2.80. The fourth-order valence-corrected chi connectivity index (χ4v) is 9.59. The Labute approximate surface area is 768 Å². The van der Waals surface area contributed by atoms with Gasteiger partial charge in [0.05, 0.1) is 100 Å². The summed E-state index contributed by atoms with van der Waals surface area (Å²) < 4.78 is 14.4. The van der Waals surface area contributed by atoms with E-state index in [9.17, 15) is 89.1 Å². The molecule has 15 N–H and O–H groups in total. The Balaban J connectivity index is -0.00000135. The molecule has 33 nitrogen and oxygen atoms in total. The van der Waals surface area contributed by atoms with E-state index < -0.39 is 0 Å². The molecule has 0 aliphatic rings. The van der Waals surface area contributed by atoms with E-state index in [1.54, 1.807) is 88.1 Å². The first-order chi connectivity index (χ1) is 59.3. The number of nitrogens with zero attached hydrogens (tertiary/aromatic N) is 6. The molecule has 126 heavy (non-hydrogen) atoms. The average Bonchev–Trinajstić information content (AvgIpc) is 0.943. The number of hydrogen-bond donors (Lipinski definition) is 15. The number of amides is 6. The maximum Gasteiger partial charge on any atom is 0.255 e. The normalized spacial score (nSPS) is 9.60. The van der Waals surface area contributed by atoms with Crippen LogP contribution in [0.1, 0.15) is 231 Å². The molecule has 0 radical (unpaired) electrons. The Kier molecular flexibility index (Phi) is 69.8. The smallest absolute Gasteiger partial charge is 0.255 e. The molecule has 690 valence electrons. The van der Waals surface area contributed by atoms with Crippen LogP contribution in [0.2, 0.25) is 0 Å². The Morgan fingerprint density at radius 1 is 0.246 bits per heavy atom. The van der Waals surface area contributed by atoms with Crippen molar-refractivity contribution < 1.29 is 155 Å². The van der Waals surface area contributed by atoms with E-state index in [1.807, 2.05) is 20.8 Å². The molecule has 6 heterocycles. The number of nitrogens with one attached hydrogen (secondary N) is 6. The molecule has 3 aromatic carbocycles. The van der Waals surface area contributed by atoms with Crippen LogP contribution in [0.5, 0.6) is 51.7 Å². The summed E-state index contributed by atoms with van der Waals surface area (Å²) >= 11 is 0. The Bertz CT molecular complexity index is 3940. The summed E-state index contributed by atoms with van der Waals surface area (Å²) in [7, 11) is 4.70. The summed E-state index contributed by atoms with van der Waals surface area (Å²) in [5.74, 6) is -2.02. The number of methoxy groups -OCH3 is 3. The van der Waals surface area contributed by atoms with Gasteiger partial charge in [-0.25, -0.2) is 0 Å². The average molecular weight is 1870 g/mol. The minimum Gasteiger partial charge on any atom is -0.507 e. The molecule has 0 fully saturated rings. The van der Waals surface area contributed by atoms with Crippen LogP contribution in [0.3, 0.4) is 0 Å². The number of hydrogen-bond acceptors (Lipinski definition) is 27. The maximum atomic E-state index is 11.6. The van der Waals surface area contributed by atoms with Gasteiger partial charge in [-0.2, -0.15) is 0 Å². The van der Waals surface area contributed by atoms with Crippen LogP contribution < -0.4 is 31.9 Å². The van der Waals surface area contributed by atoms with Crippen molar-refractivity contribution in [2.75, 3.05) is 80.4 Å². The molecule has 0 saturated carbocycles. The van der Waals surface area contributed by atoms with Crippen LogP contribution in [0.4, 0.5) is 0 Å². The van der Waals surface area contributed by atoms with Crippen LogP contribution in [0.25, 0.3) is 0 Å². The molecule has 0 bridgehead atoms. The number of phenols is 3. The van der Waals surface area contributed by atoms with Gasteiger partial charge in [0.2, 0.25) is 0 Å². The first-order valence-electron chi connectivity index (χ1n) is 40.2. The minimum absolute atomic E-state index is 0. The van der Waals surface area contributed by atoms with Gasteiger partial charge in [0.15, 0.2) is 17.3 Å². The third-order valence-corrected chi connectivity index (χ3v) is 16.3. The van der Waals surface area contributed by atoms with Gasteiger partial charge in [0.25, 0.3) is 35.4 Å². The number of para-hydroxylation sites is 3. The summed E-state index contributed by atoms with van der Waals surface area (Å²) in [6.07, 6.45) is 29.2. The Hall–Kier alpha value is -12.0. The molecule has 9 rings (SSSR count). The van der Waals surface area contributed by atoms with Crippen LogP contribution in [-0.2, 0) is 65.4 Å². The quantitative estimate of drug-likeness (QED) is 0.00985. The summed E-state index contributed by atoms with van der Waals surface area (Å²) in [4.78, 5) is 125. The van der Waals surface area contributed by atoms with Crippen molar-refractivity contribution in [2.45, 2.75) is 138 Å². The molecule has 0 aliphatic carbocycles. The minimum atomic E-state index is -0.332.